The molecule has 0 spiro atoms. The Kier molecular flexibility index (Phi) is 5.27. The summed E-state index contributed by atoms with van der Waals surface area (Å²) in [7, 11) is 1.56. The van der Waals surface area contributed by atoms with Crippen molar-refractivity contribution in [3.63, 3.8) is 0 Å². The average molecular weight is 400 g/mol. The minimum atomic E-state index is -0.751. The van der Waals surface area contributed by atoms with E-state index in [-0.39, 0.29) is 18.4 Å². The van der Waals surface area contributed by atoms with Crippen LogP contribution >= 0.6 is 0 Å². The molecule has 5 nitrogen and oxygen atoms in total. The molecule has 30 heavy (non-hydrogen) atoms. The number of nitrogens with zero attached hydrogens (tertiary/aromatic N) is 2. The molecule has 152 valence electrons. The van der Waals surface area contributed by atoms with Crippen LogP contribution in [-0.2, 0) is 9.59 Å². The lowest BCUT2D eigenvalue weighted by Gasteiger charge is -2.41. The first kappa shape index (κ1) is 19.7. The molecule has 0 radical (unpaired) electrons. The summed E-state index contributed by atoms with van der Waals surface area (Å²) in [6.07, 6.45) is 0. The largest absolute Gasteiger partial charge is 0.495 e. The van der Waals surface area contributed by atoms with Crippen LogP contribution in [0.4, 0.5) is 11.4 Å². The van der Waals surface area contributed by atoms with E-state index in [1.165, 1.54) is 4.90 Å². The molecule has 0 bridgehead atoms. The Morgan fingerprint density at radius 2 is 1.57 bits per heavy atom. The molecule has 1 aliphatic heterocycles. The second-order valence-electron chi connectivity index (χ2n) is 7.46. The number of amides is 2. The summed E-state index contributed by atoms with van der Waals surface area (Å²) in [5.74, 6) is 0.261. The number of methoxy groups -OCH3 is 1. The van der Waals surface area contributed by atoms with E-state index in [4.69, 9.17) is 4.74 Å². The zero-order valence-corrected chi connectivity index (χ0v) is 17.3. The van der Waals surface area contributed by atoms with Crippen LogP contribution in [0, 0.1) is 13.8 Å². The van der Waals surface area contributed by atoms with Crippen molar-refractivity contribution < 1.29 is 14.3 Å². The maximum atomic E-state index is 13.8. The van der Waals surface area contributed by atoms with Gasteiger partial charge in [0, 0.05) is 5.69 Å². The molecule has 3 aromatic carbocycles. The first-order valence-corrected chi connectivity index (χ1v) is 9.90. The molecule has 1 atom stereocenters. The minimum Gasteiger partial charge on any atom is -0.495 e. The molecule has 1 aliphatic rings. The van der Waals surface area contributed by atoms with Crippen molar-refractivity contribution in [1.82, 2.24) is 0 Å². The third-order valence-electron chi connectivity index (χ3n) is 5.42. The van der Waals surface area contributed by atoms with Crippen LogP contribution in [0.3, 0.4) is 0 Å². The summed E-state index contributed by atoms with van der Waals surface area (Å²) in [4.78, 5) is 30.4. The van der Waals surface area contributed by atoms with E-state index in [1.54, 1.807) is 24.1 Å². The molecule has 0 aromatic heterocycles. The van der Waals surface area contributed by atoms with Gasteiger partial charge in [-0.2, -0.15) is 0 Å². The quantitative estimate of drug-likeness (QED) is 0.651. The standard InChI is InChI=1S/C25H24N2O3/c1-17-13-14-20(18(2)15-17)27-23(28)16-26(21-11-7-8-12-22(21)30-3)25(29)24(27)19-9-5-4-6-10-19/h4-15,24H,16H2,1-3H3/t24-/m0/s1. The second-order valence-corrected chi connectivity index (χ2v) is 7.46. The lowest BCUT2D eigenvalue weighted by atomic mass is 9.98. The van der Waals surface area contributed by atoms with Gasteiger partial charge in [0.2, 0.25) is 5.91 Å². The third-order valence-corrected chi connectivity index (χ3v) is 5.42. The van der Waals surface area contributed by atoms with Crippen molar-refractivity contribution in [3.05, 3.63) is 89.5 Å². The molecule has 4 rings (SSSR count). The lowest BCUT2D eigenvalue weighted by molar-refractivity contribution is -0.128. The summed E-state index contributed by atoms with van der Waals surface area (Å²) in [6.45, 7) is 3.93. The molecule has 1 fully saturated rings. The van der Waals surface area contributed by atoms with E-state index in [1.807, 2.05) is 74.5 Å². The Balaban J connectivity index is 1.85. The molecule has 0 aliphatic carbocycles. The molecule has 2 amide bonds. The first-order chi connectivity index (χ1) is 14.5. The molecular formula is C25H24N2O3. The van der Waals surface area contributed by atoms with Crippen LogP contribution in [0.25, 0.3) is 0 Å². The molecule has 0 unspecified atom stereocenters. The molecule has 1 saturated heterocycles. The fraction of sp³-hybridized carbons (Fsp3) is 0.200. The predicted molar refractivity (Wildman–Crippen MR) is 118 cm³/mol. The first-order valence-electron chi connectivity index (χ1n) is 9.90. The minimum absolute atomic E-state index is 0.0458. The Morgan fingerprint density at radius 1 is 0.867 bits per heavy atom. The van der Waals surface area contributed by atoms with E-state index in [2.05, 4.69) is 0 Å². The number of hydrogen-bond donors (Lipinski definition) is 0. The molecule has 0 N–H and O–H groups in total. The van der Waals surface area contributed by atoms with E-state index in [0.29, 0.717) is 11.4 Å². The highest BCUT2D eigenvalue weighted by atomic mass is 16.5. The van der Waals surface area contributed by atoms with Crippen LogP contribution in [0.2, 0.25) is 0 Å². The van der Waals surface area contributed by atoms with Crippen LogP contribution in [-0.4, -0.2) is 25.5 Å². The van der Waals surface area contributed by atoms with Gasteiger partial charge in [-0.3, -0.25) is 19.4 Å². The van der Waals surface area contributed by atoms with Crippen LogP contribution < -0.4 is 14.5 Å². The third kappa shape index (κ3) is 3.43. The predicted octanol–water partition coefficient (Wildman–Crippen LogP) is 4.43. The van der Waals surface area contributed by atoms with E-state index in [9.17, 15) is 9.59 Å². The van der Waals surface area contributed by atoms with Gasteiger partial charge < -0.3 is 4.74 Å². The van der Waals surface area contributed by atoms with Gasteiger partial charge >= 0.3 is 0 Å². The zero-order valence-electron chi connectivity index (χ0n) is 17.3. The SMILES string of the molecule is COc1ccccc1N1CC(=O)N(c2ccc(C)cc2C)[C@@H](c2ccccc2)C1=O. The number of benzene rings is 3. The van der Waals surface area contributed by atoms with Crippen LogP contribution in [0.5, 0.6) is 5.75 Å². The van der Waals surface area contributed by atoms with Gasteiger partial charge in [0.1, 0.15) is 18.3 Å². The van der Waals surface area contributed by atoms with Crippen molar-refractivity contribution >= 4 is 23.2 Å². The summed E-state index contributed by atoms with van der Waals surface area (Å²) in [5.41, 5.74) is 4.20. The summed E-state index contributed by atoms with van der Waals surface area (Å²) < 4.78 is 5.45. The van der Waals surface area contributed by atoms with E-state index in [0.717, 1.165) is 22.4 Å². The Labute approximate surface area is 176 Å². The monoisotopic (exact) mass is 400 g/mol. The summed E-state index contributed by atoms with van der Waals surface area (Å²) in [5, 5.41) is 0. The topological polar surface area (TPSA) is 49.9 Å². The van der Waals surface area contributed by atoms with Gasteiger partial charge in [0.15, 0.2) is 0 Å². The number of rotatable bonds is 4. The normalized spacial score (nSPS) is 16.7. The molecule has 0 saturated carbocycles. The summed E-state index contributed by atoms with van der Waals surface area (Å²) in [6, 6.07) is 21.9. The van der Waals surface area contributed by atoms with Gasteiger partial charge in [0.05, 0.1) is 12.8 Å². The highest BCUT2D eigenvalue weighted by Crippen LogP contribution is 2.38. The van der Waals surface area contributed by atoms with Crippen molar-refractivity contribution in [1.29, 1.82) is 0 Å². The van der Waals surface area contributed by atoms with Crippen molar-refractivity contribution in [2.45, 2.75) is 19.9 Å². The number of para-hydroxylation sites is 2. The Hall–Kier alpha value is -3.60. The number of carbonyl (C=O) groups excluding carboxylic acids is 2. The number of aryl methyl sites for hydroxylation is 2. The smallest absolute Gasteiger partial charge is 0.255 e. The molecular weight excluding hydrogens is 376 g/mol. The number of hydrogen-bond acceptors (Lipinski definition) is 3. The maximum Gasteiger partial charge on any atom is 0.255 e. The van der Waals surface area contributed by atoms with E-state index >= 15 is 0 Å². The maximum absolute atomic E-state index is 13.8. The number of piperazine rings is 1. The van der Waals surface area contributed by atoms with E-state index < -0.39 is 6.04 Å². The van der Waals surface area contributed by atoms with Crippen molar-refractivity contribution in [2.24, 2.45) is 0 Å². The van der Waals surface area contributed by atoms with Gasteiger partial charge in [-0.1, -0.05) is 60.2 Å². The number of anilines is 2. The molecule has 1 heterocycles. The Morgan fingerprint density at radius 3 is 2.27 bits per heavy atom. The van der Waals surface area contributed by atoms with Crippen LogP contribution in [0.1, 0.15) is 22.7 Å². The van der Waals surface area contributed by atoms with Crippen molar-refractivity contribution in [3.8, 4) is 5.75 Å². The van der Waals surface area contributed by atoms with Gasteiger partial charge in [-0.25, -0.2) is 0 Å². The average Bonchev–Trinajstić information content (AvgIpc) is 2.76. The lowest BCUT2D eigenvalue weighted by Crippen LogP contribution is -2.56. The molecule has 3 aromatic rings. The number of ether oxygens (including phenoxy) is 1. The van der Waals surface area contributed by atoms with Crippen molar-refractivity contribution in [2.75, 3.05) is 23.5 Å². The van der Waals surface area contributed by atoms with Gasteiger partial charge in [-0.15, -0.1) is 0 Å². The fourth-order valence-corrected chi connectivity index (χ4v) is 4.02. The number of carbonyl (C=O) groups is 2. The Bertz CT molecular complexity index is 1090. The second kappa shape index (κ2) is 8.03. The van der Waals surface area contributed by atoms with Crippen LogP contribution in [0.15, 0.2) is 72.8 Å². The highest BCUT2D eigenvalue weighted by molar-refractivity contribution is 6.15. The molecule has 5 heteroatoms. The zero-order chi connectivity index (χ0) is 21.3. The van der Waals surface area contributed by atoms with Gasteiger partial charge in [0.25, 0.3) is 5.91 Å². The summed E-state index contributed by atoms with van der Waals surface area (Å²) >= 11 is 0. The fourth-order valence-electron chi connectivity index (χ4n) is 4.02. The van der Waals surface area contributed by atoms with Gasteiger partial charge in [-0.05, 0) is 43.2 Å². The highest BCUT2D eigenvalue weighted by Gasteiger charge is 2.42.